The maximum Gasteiger partial charge on any atom is 0.0696 e. The number of rotatable bonds is 2. The molecule has 0 radical (unpaired) electrons. The standard InChI is InChI=1S/C13H15N.C2H6/c1-11(12-6-3-2-4-7-12)13(10-14)8-5-9-13;1-2/h2-4,6-7,11H,5,8-9H2,1H3;1-2H3. The fraction of sp³-hybridized carbons (Fsp3) is 0.533. The molecule has 1 aromatic rings. The molecule has 0 bridgehead atoms. The van der Waals surface area contributed by atoms with Crippen molar-refractivity contribution >= 4 is 0 Å². The van der Waals surface area contributed by atoms with E-state index >= 15 is 0 Å². The predicted molar refractivity (Wildman–Crippen MR) is 68.1 cm³/mol. The fourth-order valence-electron chi connectivity index (χ4n) is 2.26. The lowest BCUT2D eigenvalue weighted by Gasteiger charge is -2.40. The van der Waals surface area contributed by atoms with E-state index in [9.17, 15) is 5.26 Å². The van der Waals surface area contributed by atoms with Crippen LogP contribution in [0.1, 0.15) is 51.5 Å². The molecule has 2 rings (SSSR count). The molecule has 16 heavy (non-hydrogen) atoms. The van der Waals surface area contributed by atoms with E-state index in [-0.39, 0.29) is 5.41 Å². The Bertz CT molecular complexity index is 343. The lowest BCUT2D eigenvalue weighted by molar-refractivity contribution is 0.175. The van der Waals surface area contributed by atoms with Gasteiger partial charge in [-0.05, 0) is 24.3 Å². The normalized spacial score (nSPS) is 18.4. The molecule has 0 N–H and O–H groups in total. The molecule has 1 saturated carbocycles. The van der Waals surface area contributed by atoms with E-state index in [1.165, 1.54) is 12.0 Å². The second-order valence-corrected chi connectivity index (χ2v) is 4.25. The molecule has 86 valence electrons. The minimum Gasteiger partial charge on any atom is -0.198 e. The van der Waals surface area contributed by atoms with Gasteiger partial charge in [-0.2, -0.15) is 5.26 Å². The second-order valence-electron chi connectivity index (χ2n) is 4.25. The zero-order valence-electron chi connectivity index (χ0n) is 10.5. The predicted octanol–water partition coefficient (Wildman–Crippen LogP) is 4.51. The van der Waals surface area contributed by atoms with Gasteiger partial charge in [-0.3, -0.25) is 0 Å². The van der Waals surface area contributed by atoms with E-state index in [1.807, 2.05) is 19.9 Å². The first-order chi connectivity index (χ1) is 7.78. The number of benzene rings is 1. The average Bonchev–Trinajstić information content (AvgIpc) is 2.32. The molecule has 1 fully saturated rings. The van der Waals surface area contributed by atoms with Gasteiger partial charge in [-0.25, -0.2) is 0 Å². The average molecular weight is 215 g/mol. The highest BCUT2D eigenvalue weighted by Gasteiger charge is 2.42. The van der Waals surface area contributed by atoms with Crippen LogP contribution in [0.25, 0.3) is 0 Å². The van der Waals surface area contributed by atoms with Gasteiger partial charge in [0.25, 0.3) is 0 Å². The van der Waals surface area contributed by atoms with Crippen molar-refractivity contribution in [3.8, 4) is 6.07 Å². The fourth-order valence-corrected chi connectivity index (χ4v) is 2.26. The smallest absolute Gasteiger partial charge is 0.0696 e. The maximum atomic E-state index is 9.22. The van der Waals surface area contributed by atoms with Crippen molar-refractivity contribution in [1.29, 1.82) is 5.26 Å². The quantitative estimate of drug-likeness (QED) is 0.712. The Morgan fingerprint density at radius 1 is 1.19 bits per heavy atom. The molecule has 1 atom stereocenters. The summed E-state index contributed by atoms with van der Waals surface area (Å²) in [5, 5.41) is 9.22. The Balaban J connectivity index is 0.000000606. The van der Waals surface area contributed by atoms with Crippen LogP contribution < -0.4 is 0 Å². The Hall–Kier alpha value is -1.29. The van der Waals surface area contributed by atoms with Crippen LogP contribution in [0.3, 0.4) is 0 Å². The van der Waals surface area contributed by atoms with E-state index in [0.717, 1.165) is 12.8 Å². The molecule has 1 heteroatoms. The van der Waals surface area contributed by atoms with Crippen molar-refractivity contribution in [3.63, 3.8) is 0 Å². The summed E-state index contributed by atoms with van der Waals surface area (Å²) < 4.78 is 0. The number of hydrogen-bond donors (Lipinski definition) is 0. The van der Waals surface area contributed by atoms with Gasteiger partial charge in [0.05, 0.1) is 11.5 Å². The molecular weight excluding hydrogens is 194 g/mol. The van der Waals surface area contributed by atoms with Crippen LogP contribution in [-0.2, 0) is 0 Å². The van der Waals surface area contributed by atoms with Crippen molar-refractivity contribution in [1.82, 2.24) is 0 Å². The van der Waals surface area contributed by atoms with Crippen LogP contribution >= 0.6 is 0 Å². The van der Waals surface area contributed by atoms with Crippen LogP contribution in [-0.4, -0.2) is 0 Å². The molecule has 0 saturated heterocycles. The molecule has 1 unspecified atom stereocenters. The number of nitriles is 1. The van der Waals surface area contributed by atoms with E-state index in [4.69, 9.17) is 0 Å². The van der Waals surface area contributed by atoms with Crippen LogP contribution in [0.5, 0.6) is 0 Å². The minimum atomic E-state index is -0.0681. The number of hydrogen-bond acceptors (Lipinski definition) is 1. The third-order valence-electron chi connectivity index (χ3n) is 3.60. The first-order valence-corrected chi connectivity index (χ1v) is 6.25. The first-order valence-electron chi connectivity index (χ1n) is 6.25. The molecule has 1 aromatic carbocycles. The van der Waals surface area contributed by atoms with Gasteiger partial charge in [0.1, 0.15) is 0 Å². The Kier molecular flexibility index (Phi) is 4.55. The van der Waals surface area contributed by atoms with Crippen molar-refractivity contribution < 1.29 is 0 Å². The van der Waals surface area contributed by atoms with Gasteiger partial charge in [0, 0.05) is 0 Å². The summed E-state index contributed by atoms with van der Waals surface area (Å²) >= 11 is 0. The van der Waals surface area contributed by atoms with Gasteiger partial charge >= 0.3 is 0 Å². The third-order valence-corrected chi connectivity index (χ3v) is 3.60. The lowest BCUT2D eigenvalue weighted by atomic mass is 9.61. The topological polar surface area (TPSA) is 23.8 Å². The molecule has 1 aliphatic rings. The highest BCUT2D eigenvalue weighted by molar-refractivity contribution is 5.26. The highest BCUT2D eigenvalue weighted by Crippen LogP contribution is 2.50. The Morgan fingerprint density at radius 3 is 2.12 bits per heavy atom. The van der Waals surface area contributed by atoms with Gasteiger partial charge < -0.3 is 0 Å². The molecule has 0 aliphatic heterocycles. The molecule has 1 aliphatic carbocycles. The number of nitrogens with zero attached hydrogens (tertiary/aromatic N) is 1. The Labute approximate surface area is 99.1 Å². The van der Waals surface area contributed by atoms with Crippen LogP contribution in [0, 0.1) is 16.7 Å². The largest absolute Gasteiger partial charge is 0.198 e. The van der Waals surface area contributed by atoms with Gasteiger partial charge in [-0.15, -0.1) is 0 Å². The highest BCUT2D eigenvalue weighted by atomic mass is 14.5. The molecule has 0 amide bonds. The minimum absolute atomic E-state index is 0.0681. The molecular formula is C15H21N. The molecule has 0 spiro atoms. The lowest BCUT2D eigenvalue weighted by Crippen LogP contribution is -2.33. The summed E-state index contributed by atoms with van der Waals surface area (Å²) in [4.78, 5) is 0. The van der Waals surface area contributed by atoms with Gasteiger partial charge in [-0.1, -0.05) is 57.5 Å². The first kappa shape index (κ1) is 12.8. The van der Waals surface area contributed by atoms with Crippen molar-refractivity contribution in [2.75, 3.05) is 0 Å². The monoisotopic (exact) mass is 215 g/mol. The molecule has 0 heterocycles. The SMILES string of the molecule is CC.CC(c1ccccc1)C1(C#N)CCC1. The van der Waals surface area contributed by atoms with E-state index < -0.39 is 0 Å². The van der Waals surface area contributed by atoms with Crippen LogP contribution in [0.2, 0.25) is 0 Å². The summed E-state index contributed by atoms with van der Waals surface area (Å²) in [6, 6.07) is 12.9. The van der Waals surface area contributed by atoms with Crippen LogP contribution in [0.4, 0.5) is 0 Å². The van der Waals surface area contributed by atoms with Gasteiger partial charge in [0.15, 0.2) is 0 Å². The van der Waals surface area contributed by atoms with Gasteiger partial charge in [0.2, 0.25) is 0 Å². The van der Waals surface area contributed by atoms with E-state index in [2.05, 4.69) is 37.3 Å². The summed E-state index contributed by atoms with van der Waals surface area (Å²) in [5.74, 6) is 0.377. The summed E-state index contributed by atoms with van der Waals surface area (Å²) in [5.41, 5.74) is 1.23. The maximum absolute atomic E-state index is 9.22. The molecule has 1 nitrogen and oxygen atoms in total. The van der Waals surface area contributed by atoms with E-state index in [0.29, 0.717) is 5.92 Å². The second kappa shape index (κ2) is 5.70. The zero-order valence-corrected chi connectivity index (χ0v) is 10.5. The van der Waals surface area contributed by atoms with Crippen molar-refractivity contribution in [2.24, 2.45) is 5.41 Å². The molecule has 0 aromatic heterocycles. The van der Waals surface area contributed by atoms with E-state index in [1.54, 1.807) is 0 Å². The zero-order chi connectivity index (χ0) is 12.0. The van der Waals surface area contributed by atoms with Crippen LogP contribution in [0.15, 0.2) is 30.3 Å². The summed E-state index contributed by atoms with van der Waals surface area (Å²) in [7, 11) is 0. The van der Waals surface area contributed by atoms with Crippen molar-refractivity contribution in [3.05, 3.63) is 35.9 Å². The van der Waals surface area contributed by atoms with Crippen molar-refractivity contribution in [2.45, 2.75) is 46.0 Å². The third kappa shape index (κ3) is 2.27. The summed E-state index contributed by atoms with van der Waals surface area (Å²) in [6.45, 7) is 6.18. The summed E-state index contributed by atoms with van der Waals surface area (Å²) in [6.07, 6.45) is 3.35. The Morgan fingerprint density at radius 2 is 1.75 bits per heavy atom.